The molecular weight excluding hydrogens is 306 g/mol. The third-order valence-corrected chi connectivity index (χ3v) is 5.20. The highest BCUT2D eigenvalue weighted by atomic mass is 16.1. The van der Waals surface area contributed by atoms with Crippen molar-refractivity contribution >= 4 is 5.78 Å². The van der Waals surface area contributed by atoms with Gasteiger partial charge in [0.2, 0.25) is 0 Å². The van der Waals surface area contributed by atoms with Crippen LogP contribution in [0.2, 0.25) is 0 Å². The van der Waals surface area contributed by atoms with Gasteiger partial charge in [-0.05, 0) is 12.0 Å². The summed E-state index contributed by atoms with van der Waals surface area (Å²) in [5, 5.41) is 0. The van der Waals surface area contributed by atoms with E-state index in [1.807, 2.05) is 36.4 Å². The van der Waals surface area contributed by atoms with E-state index in [2.05, 4.69) is 36.1 Å². The number of ketones is 1. The van der Waals surface area contributed by atoms with Crippen LogP contribution < -0.4 is 0 Å². The van der Waals surface area contributed by atoms with Crippen LogP contribution in [0.25, 0.3) is 0 Å². The highest BCUT2D eigenvalue weighted by Crippen LogP contribution is 2.37. The van der Waals surface area contributed by atoms with Gasteiger partial charge in [0.05, 0.1) is 6.04 Å². The minimum Gasteiger partial charge on any atom is -0.292 e. The first-order valence-electron chi connectivity index (χ1n) is 9.70. The predicted molar refractivity (Wildman–Crippen MR) is 104 cm³/mol. The van der Waals surface area contributed by atoms with Crippen LogP contribution in [0.1, 0.15) is 61.4 Å². The lowest BCUT2D eigenvalue weighted by molar-refractivity contribution is 0.0973. The maximum Gasteiger partial charge on any atom is 0.181 e. The quantitative estimate of drug-likeness (QED) is 0.325. The SMILES string of the molecule is CCCCCCC[C@H]1[C@@H](C(=O)c2ccccc2)N1Cc1ccccc1. The lowest BCUT2D eigenvalue weighted by Crippen LogP contribution is -2.13. The minimum absolute atomic E-state index is 0.0637. The zero-order valence-corrected chi connectivity index (χ0v) is 15.2. The smallest absolute Gasteiger partial charge is 0.181 e. The molecule has 2 aromatic rings. The van der Waals surface area contributed by atoms with E-state index in [-0.39, 0.29) is 11.8 Å². The fourth-order valence-corrected chi connectivity index (χ4v) is 3.72. The molecule has 0 amide bonds. The molecule has 1 aliphatic heterocycles. The average Bonchev–Trinajstić information content (AvgIpc) is 3.34. The molecule has 2 heteroatoms. The maximum absolute atomic E-state index is 12.9. The van der Waals surface area contributed by atoms with Crippen LogP contribution in [-0.2, 0) is 6.54 Å². The van der Waals surface area contributed by atoms with Gasteiger partial charge in [0.15, 0.2) is 5.78 Å². The standard InChI is InChI=1S/C23H29NO/c1-2-3-4-5-12-17-21-22(23(25)20-15-10-7-11-16-20)24(21)18-19-13-8-6-9-14-19/h6-11,13-16,21-22H,2-5,12,17-18H2,1H3/t21-,22-,24?/m0/s1. The summed E-state index contributed by atoms with van der Waals surface area (Å²) in [5.74, 6) is 0.287. The molecule has 0 N–H and O–H groups in total. The number of benzene rings is 2. The second kappa shape index (κ2) is 8.96. The Morgan fingerprint density at radius 1 is 0.880 bits per heavy atom. The number of hydrogen-bond acceptors (Lipinski definition) is 2. The normalized spacial score (nSPS) is 21.9. The Kier molecular flexibility index (Phi) is 6.41. The summed E-state index contributed by atoms with van der Waals surface area (Å²) in [6, 6.07) is 20.7. The number of Topliss-reactive ketones (excluding diaryl/α,β-unsaturated/α-hetero) is 1. The Morgan fingerprint density at radius 3 is 2.20 bits per heavy atom. The summed E-state index contributed by atoms with van der Waals surface area (Å²) in [5.41, 5.74) is 2.14. The molecule has 2 nitrogen and oxygen atoms in total. The van der Waals surface area contributed by atoms with E-state index in [1.54, 1.807) is 0 Å². The predicted octanol–water partition coefficient (Wildman–Crippen LogP) is 5.48. The fourth-order valence-electron chi connectivity index (χ4n) is 3.72. The highest BCUT2D eigenvalue weighted by Gasteiger charge is 2.51. The molecular formula is C23H29NO. The third-order valence-electron chi connectivity index (χ3n) is 5.20. The lowest BCUT2D eigenvalue weighted by Gasteiger charge is -2.04. The first kappa shape index (κ1) is 17.9. The van der Waals surface area contributed by atoms with E-state index in [4.69, 9.17) is 0 Å². The van der Waals surface area contributed by atoms with Crippen molar-refractivity contribution in [2.24, 2.45) is 0 Å². The molecule has 1 unspecified atom stereocenters. The first-order valence-corrected chi connectivity index (χ1v) is 9.70. The molecule has 3 atom stereocenters. The summed E-state index contributed by atoms with van der Waals surface area (Å²) < 4.78 is 0. The number of rotatable bonds is 10. The Hall–Kier alpha value is -1.93. The summed E-state index contributed by atoms with van der Waals surface area (Å²) >= 11 is 0. The number of unbranched alkanes of at least 4 members (excludes halogenated alkanes) is 4. The van der Waals surface area contributed by atoms with Crippen molar-refractivity contribution in [2.45, 2.75) is 64.1 Å². The van der Waals surface area contributed by atoms with Crippen molar-refractivity contribution in [3.63, 3.8) is 0 Å². The van der Waals surface area contributed by atoms with Gasteiger partial charge in [-0.3, -0.25) is 9.69 Å². The van der Waals surface area contributed by atoms with Gasteiger partial charge in [0.25, 0.3) is 0 Å². The van der Waals surface area contributed by atoms with Gasteiger partial charge in [-0.1, -0.05) is 99.7 Å². The van der Waals surface area contributed by atoms with E-state index in [9.17, 15) is 4.79 Å². The molecule has 0 aliphatic carbocycles. The molecule has 1 heterocycles. The van der Waals surface area contributed by atoms with Crippen LogP contribution >= 0.6 is 0 Å². The van der Waals surface area contributed by atoms with Crippen LogP contribution in [0.5, 0.6) is 0 Å². The van der Waals surface area contributed by atoms with Crippen LogP contribution in [0.4, 0.5) is 0 Å². The number of nitrogens with zero attached hydrogens (tertiary/aromatic N) is 1. The first-order chi connectivity index (χ1) is 12.3. The molecule has 25 heavy (non-hydrogen) atoms. The van der Waals surface area contributed by atoms with Crippen molar-refractivity contribution in [1.29, 1.82) is 0 Å². The van der Waals surface area contributed by atoms with Crippen LogP contribution in [0, 0.1) is 0 Å². The van der Waals surface area contributed by atoms with E-state index in [1.165, 1.54) is 37.7 Å². The Labute approximate surface area is 151 Å². The lowest BCUT2D eigenvalue weighted by atomic mass is 10.0. The fraction of sp³-hybridized carbons (Fsp3) is 0.435. The Balaban J connectivity index is 1.62. The molecule has 1 fully saturated rings. The minimum atomic E-state index is 0.0637. The molecule has 0 aromatic heterocycles. The van der Waals surface area contributed by atoms with Gasteiger partial charge in [-0.15, -0.1) is 0 Å². The monoisotopic (exact) mass is 335 g/mol. The second-order valence-electron chi connectivity index (χ2n) is 7.10. The van der Waals surface area contributed by atoms with Gasteiger partial charge in [-0.25, -0.2) is 0 Å². The van der Waals surface area contributed by atoms with Crippen LogP contribution in [-0.4, -0.2) is 22.8 Å². The molecule has 2 aromatic carbocycles. The number of carbonyl (C=O) groups excluding carboxylic acids is 1. The molecule has 1 aliphatic rings. The molecule has 1 saturated heterocycles. The van der Waals surface area contributed by atoms with Gasteiger partial charge in [0.1, 0.15) is 0 Å². The zero-order valence-electron chi connectivity index (χ0n) is 15.2. The van der Waals surface area contributed by atoms with E-state index in [0.29, 0.717) is 6.04 Å². The highest BCUT2D eigenvalue weighted by molar-refractivity contribution is 6.02. The molecule has 0 spiro atoms. The molecule has 3 rings (SSSR count). The van der Waals surface area contributed by atoms with Crippen LogP contribution in [0.3, 0.4) is 0 Å². The summed E-state index contributed by atoms with van der Waals surface area (Å²) in [7, 11) is 0. The van der Waals surface area contributed by atoms with Gasteiger partial charge in [0, 0.05) is 18.2 Å². The van der Waals surface area contributed by atoms with Gasteiger partial charge < -0.3 is 0 Å². The van der Waals surface area contributed by atoms with E-state index in [0.717, 1.165) is 18.5 Å². The summed E-state index contributed by atoms with van der Waals surface area (Å²) in [6.07, 6.45) is 7.58. The van der Waals surface area contributed by atoms with Crippen molar-refractivity contribution < 1.29 is 4.79 Å². The van der Waals surface area contributed by atoms with Crippen molar-refractivity contribution in [2.75, 3.05) is 0 Å². The molecule has 0 saturated carbocycles. The summed E-state index contributed by atoms with van der Waals surface area (Å²) in [6.45, 7) is 3.13. The molecule has 132 valence electrons. The number of hydrogen-bond donors (Lipinski definition) is 0. The Morgan fingerprint density at radius 2 is 1.52 bits per heavy atom. The van der Waals surface area contributed by atoms with Gasteiger partial charge >= 0.3 is 0 Å². The Bertz CT molecular complexity index is 652. The molecule has 0 bridgehead atoms. The van der Waals surface area contributed by atoms with Crippen molar-refractivity contribution in [3.05, 3.63) is 71.8 Å². The average molecular weight is 335 g/mol. The zero-order chi connectivity index (χ0) is 17.5. The number of carbonyl (C=O) groups is 1. The summed E-state index contributed by atoms with van der Waals surface area (Å²) in [4.78, 5) is 15.3. The molecule has 0 radical (unpaired) electrons. The van der Waals surface area contributed by atoms with Crippen LogP contribution in [0.15, 0.2) is 60.7 Å². The maximum atomic E-state index is 12.9. The van der Waals surface area contributed by atoms with E-state index < -0.39 is 0 Å². The topological polar surface area (TPSA) is 20.1 Å². The largest absolute Gasteiger partial charge is 0.292 e. The van der Waals surface area contributed by atoms with E-state index >= 15 is 0 Å². The van der Waals surface area contributed by atoms with Gasteiger partial charge in [-0.2, -0.15) is 0 Å². The van der Waals surface area contributed by atoms with Crippen molar-refractivity contribution in [1.82, 2.24) is 4.90 Å². The third kappa shape index (κ3) is 4.79. The van der Waals surface area contributed by atoms with Crippen molar-refractivity contribution in [3.8, 4) is 0 Å². The second-order valence-corrected chi connectivity index (χ2v) is 7.10.